The third-order valence-corrected chi connectivity index (χ3v) is 3.67. The maximum atomic E-state index is 5.54. The summed E-state index contributed by atoms with van der Waals surface area (Å²) < 4.78 is 7.56. The number of allylic oxidation sites excluding steroid dienone is 1. The third kappa shape index (κ3) is 4.30. The molecule has 0 aliphatic heterocycles. The first-order valence-corrected chi connectivity index (χ1v) is 8.35. The summed E-state index contributed by atoms with van der Waals surface area (Å²) in [6.07, 6.45) is 5.53. The van der Waals surface area contributed by atoms with Crippen molar-refractivity contribution in [1.29, 1.82) is 0 Å². The standard InChI is InChI=1S/C19H18N4OS/c1-2-24-17-12-6-11-16(14-17)18-21-22-19(25)23(18)20-13-7-10-15-8-4-3-5-9-15/h3-14H,2H2,1H3,(H,22,25)/b10-7-,20-13-. The molecule has 5 nitrogen and oxygen atoms in total. The van der Waals surface area contributed by atoms with Gasteiger partial charge in [-0.25, -0.2) is 5.10 Å². The predicted octanol–water partition coefficient (Wildman–Crippen LogP) is 4.55. The zero-order chi connectivity index (χ0) is 17.5. The van der Waals surface area contributed by atoms with Gasteiger partial charge in [0.25, 0.3) is 0 Å². The van der Waals surface area contributed by atoms with Gasteiger partial charge in [-0.1, -0.05) is 48.5 Å². The smallest absolute Gasteiger partial charge is 0.216 e. The van der Waals surface area contributed by atoms with Gasteiger partial charge >= 0.3 is 0 Å². The summed E-state index contributed by atoms with van der Waals surface area (Å²) in [6.45, 7) is 2.56. The van der Waals surface area contributed by atoms with Crippen molar-refractivity contribution in [2.24, 2.45) is 5.10 Å². The fourth-order valence-corrected chi connectivity index (χ4v) is 2.48. The van der Waals surface area contributed by atoms with E-state index in [0.29, 0.717) is 17.2 Å². The molecule has 0 bridgehead atoms. The molecule has 0 spiro atoms. The van der Waals surface area contributed by atoms with Crippen molar-refractivity contribution in [2.45, 2.75) is 6.92 Å². The van der Waals surface area contributed by atoms with Crippen LogP contribution in [0.4, 0.5) is 0 Å². The van der Waals surface area contributed by atoms with Crippen LogP contribution >= 0.6 is 12.2 Å². The highest BCUT2D eigenvalue weighted by molar-refractivity contribution is 7.71. The second kappa shape index (κ2) is 8.21. The average Bonchev–Trinajstić information content (AvgIpc) is 3.01. The van der Waals surface area contributed by atoms with Crippen LogP contribution in [0.1, 0.15) is 12.5 Å². The zero-order valence-electron chi connectivity index (χ0n) is 13.8. The summed E-state index contributed by atoms with van der Waals surface area (Å²) in [5, 5.41) is 11.5. The first kappa shape index (κ1) is 16.9. The summed E-state index contributed by atoms with van der Waals surface area (Å²) in [4.78, 5) is 0. The number of aromatic nitrogens is 3. The molecule has 1 heterocycles. The van der Waals surface area contributed by atoms with Gasteiger partial charge in [0.15, 0.2) is 5.82 Å². The maximum Gasteiger partial charge on any atom is 0.216 e. The van der Waals surface area contributed by atoms with Gasteiger partial charge in [-0.15, -0.1) is 0 Å². The minimum absolute atomic E-state index is 0.432. The lowest BCUT2D eigenvalue weighted by atomic mass is 10.2. The fourth-order valence-electron chi connectivity index (χ4n) is 2.30. The second-order valence-corrected chi connectivity index (χ2v) is 5.55. The quantitative estimate of drug-likeness (QED) is 0.524. The molecular formula is C19H18N4OS. The largest absolute Gasteiger partial charge is 0.494 e. The van der Waals surface area contributed by atoms with E-state index in [1.54, 1.807) is 10.9 Å². The molecular weight excluding hydrogens is 332 g/mol. The number of nitrogens with one attached hydrogen (secondary N) is 1. The Hall–Kier alpha value is -2.99. The van der Waals surface area contributed by atoms with Crippen molar-refractivity contribution < 1.29 is 4.74 Å². The van der Waals surface area contributed by atoms with Crippen LogP contribution in [0.15, 0.2) is 65.8 Å². The van der Waals surface area contributed by atoms with E-state index in [-0.39, 0.29) is 0 Å². The van der Waals surface area contributed by atoms with Gasteiger partial charge < -0.3 is 4.74 Å². The molecule has 0 atom stereocenters. The molecule has 1 N–H and O–H groups in total. The van der Waals surface area contributed by atoms with Crippen molar-refractivity contribution in [3.63, 3.8) is 0 Å². The fraction of sp³-hybridized carbons (Fsp3) is 0.105. The van der Waals surface area contributed by atoms with Gasteiger partial charge in [-0.05, 0) is 42.9 Å². The van der Waals surface area contributed by atoms with Crippen molar-refractivity contribution in [2.75, 3.05) is 6.61 Å². The normalized spacial score (nSPS) is 11.4. The van der Waals surface area contributed by atoms with Gasteiger partial charge in [-0.3, -0.25) is 0 Å². The molecule has 0 fully saturated rings. The highest BCUT2D eigenvalue weighted by Gasteiger charge is 2.08. The summed E-state index contributed by atoms with van der Waals surface area (Å²) in [5.74, 6) is 1.42. The Balaban J connectivity index is 1.85. The number of hydrogen-bond donors (Lipinski definition) is 1. The van der Waals surface area contributed by atoms with Crippen LogP contribution in [-0.2, 0) is 0 Å². The molecule has 6 heteroatoms. The molecule has 126 valence electrons. The number of H-pyrrole nitrogens is 1. The maximum absolute atomic E-state index is 5.54. The lowest BCUT2D eigenvalue weighted by Crippen LogP contribution is -1.95. The predicted molar refractivity (Wildman–Crippen MR) is 103 cm³/mol. The van der Waals surface area contributed by atoms with E-state index in [0.717, 1.165) is 16.9 Å². The summed E-state index contributed by atoms with van der Waals surface area (Å²) in [5.41, 5.74) is 1.98. The topological polar surface area (TPSA) is 55.2 Å². The van der Waals surface area contributed by atoms with Crippen LogP contribution in [-0.4, -0.2) is 27.7 Å². The second-order valence-electron chi connectivity index (χ2n) is 5.16. The van der Waals surface area contributed by atoms with Crippen LogP contribution in [0.25, 0.3) is 17.5 Å². The molecule has 0 unspecified atom stereocenters. The highest BCUT2D eigenvalue weighted by Crippen LogP contribution is 2.22. The average molecular weight is 350 g/mol. The van der Waals surface area contributed by atoms with E-state index in [9.17, 15) is 0 Å². The molecule has 25 heavy (non-hydrogen) atoms. The molecule has 3 aromatic rings. The van der Waals surface area contributed by atoms with E-state index in [2.05, 4.69) is 15.3 Å². The Kier molecular flexibility index (Phi) is 5.53. The Morgan fingerprint density at radius 3 is 2.84 bits per heavy atom. The van der Waals surface area contributed by atoms with Crippen molar-refractivity contribution in [1.82, 2.24) is 14.9 Å². The van der Waals surface area contributed by atoms with Crippen molar-refractivity contribution in [3.05, 3.63) is 71.0 Å². The molecule has 0 aliphatic rings. The summed E-state index contributed by atoms with van der Waals surface area (Å²) in [7, 11) is 0. The molecule has 0 amide bonds. The molecule has 0 saturated carbocycles. The van der Waals surface area contributed by atoms with Gasteiger partial charge in [0.1, 0.15) is 5.75 Å². The van der Waals surface area contributed by atoms with Crippen molar-refractivity contribution >= 4 is 24.5 Å². The van der Waals surface area contributed by atoms with Crippen LogP contribution in [0.2, 0.25) is 0 Å². The van der Waals surface area contributed by atoms with Gasteiger partial charge in [0.2, 0.25) is 4.77 Å². The minimum Gasteiger partial charge on any atom is -0.494 e. The summed E-state index contributed by atoms with van der Waals surface area (Å²) in [6, 6.07) is 17.7. The Morgan fingerprint density at radius 2 is 2.04 bits per heavy atom. The Morgan fingerprint density at radius 1 is 1.20 bits per heavy atom. The summed E-state index contributed by atoms with van der Waals surface area (Å²) >= 11 is 5.28. The van der Waals surface area contributed by atoms with Crippen LogP contribution in [0.3, 0.4) is 0 Å². The van der Waals surface area contributed by atoms with Crippen molar-refractivity contribution in [3.8, 4) is 17.1 Å². The number of nitrogens with zero attached hydrogens (tertiary/aromatic N) is 3. The molecule has 0 saturated heterocycles. The highest BCUT2D eigenvalue weighted by atomic mass is 32.1. The lowest BCUT2D eigenvalue weighted by molar-refractivity contribution is 0.340. The Bertz CT molecular complexity index is 941. The number of ether oxygens (including phenoxy) is 1. The van der Waals surface area contributed by atoms with E-state index in [1.807, 2.05) is 73.7 Å². The zero-order valence-corrected chi connectivity index (χ0v) is 14.6. The van der Waals surface area contributed by atoms with Gasteiger partial charge in [0.05, 0.1) is 6.61 Å². The van der Waals surface area contributed by atoms with Crippen LogP contribution in [0.5, 0.6) is 5.75 Å². The van der Waals surface area contributed by atoms with Gasteiger partial charge in [0, 0.05) is 11.8 Å². The lowest BCUT2D eigenvalue weighted by Gasteiger charge is -2.05. The molecule has 2 aromatic carbocycles. The monoisotopic (exact) mass is 350 g/mol. The molecule has 3 rings (SSSR count). The number of benzene rings is 2. The first-order valence-electron chi connectivity index (χ1n) is 7.94. The number of rotatable bonds is 6. The first-order chi connectivity index (χ1) is 12.3. The Labute approximate surface area is 151 Å². The number of aromatic amines is 1. The van der Waals surface area contributed by atoms with Crippen LogP contribution in [0, 0.1) is 4.77 Å². The third-order valence-electron chi connectivity index (χ3n) is 3.41. The molecule has 0 radical (unpaired) electrons. The van der Waals surface area contributed by atoms with E-state index < -0.39 is 0 Å². The molecule has 0 aliphatic carbocycles. The van der Waals surface area contributed by atoms with E-state index in [4.69, 9.17) is 17.0 Å². The minimum atomic E-state index is 0.432. The SMILES string of the molecule is CCOc1cccc(-c2n[nH]c(=S)n2/N=C\C=C/c2ccccc2)c1. The van der Waals surface area contributed by atoms with Crippen LogP contribution < -0.4 is 4.74 Å². The van der Waals surface area contributed by atoms with E-state index >= 15 is 0 Å². The number of hydrogen-bond acceptors (Lipinski definition) is 4. The molecule has 1 aromatic heterocycles. The van der Waals surface area contributed by atoms with Gasteiger partial charge in [-0.2, -0.15) is 14.9 Å². The van der Waals surface area contributed by atoms with E-state index in [1.165, 1.54) is 0 Å².